The third-order valence-electron chi connectivity index (χ3n) is 2.44. The van der Waals surface area contributed by atoms with Crippen molar-refractivity contribution in [3.8, 4) is 11.1 Å². The largest absolute Gasteiger partial charge is 0.464 e. The van der Waals surface area contributed by atoms with E-state index in [2.05, 4.69) is 14.7 Å². The lowest BCUT2D eigenvalue weighted by Gasteiger charge is -2.04. The predicted octanol–water partition coefficient (Wildman–Crippen LogP) is 2.65. The summed E-state index contributed by atoms with van der Waals surface area (Å²) in [7, 11) is 1.34. The van der Waals surface area contributed by atoms with E-state index < -0.39 is 5.97 Å². The molecule has 0 atom stereocenters. The van der Waals surface area contributed by atoms with E-state index in [-0.39, 0.29) is 0 Å². The molecule has 0 saturated heterocycles. The lowest BCUT2D eigenvalue weighted by molar-refractivity contribution is 0.0594. The molecule has 0 unspecified atom stereocenters. The number of hydrogen-bond donors (Lipinski definition) is 0. The first-order valence-corrected chi connectivity index (χ1v) is 6.51. The molecule has 0 fully saturated rings. The van der Waals surface area contributed by atoms with Crippen LogP contribution in [-0.2, 0) is 4.74 Å². The number of methoxy groups -OCH3 is 1. The van der Waals surface area contributed by atoms with Crippen molar-refractivity contribution in [3.05, 3.63) is 42.5 Å². The second kappa shape index (κ2) is 5.64. The van der Waals surface area contributed by atoms with Crippen LogP contribution in [0.4, 0.5) is 0 Å². The minimum atomic E-state index is -0.439. The first-order valence-electron chi connectivity index (χ1n) is 5.28. The molecule has 5 heteroatoms. The Bertz CT molecular complexity index is 572. The van der Waals surface area contributed by atoms with Gasteiger partial charge in [-0.3, -0.25) is 4.98 Å². The second-order valence-corrected chi connectivity index (χ2v) is 4.41. The maximum Gasteiger partial charge on any atom is 0.356 e. The summed E-state index contributed by atoms with van der Waals surface area (Å²) in [6.45, 7) is 0. The smallest absolute Gasteiger partial charge is 0.356 e. The fourth-order valence-electron chi connectivity index (χ4n) is 1.51. The maximum absolute atomic E-state index is 11.4. The Labute approximate surface area is 109 Å². The van der Waals surface area contributed by atoms with Crippen molar-refractivity contribution < 1.29 is 9.53 Å². The molecule has 0 aliphatic carbocycles. The van der Waals surface area contributed by atoms with Gasteiger partial charge in [0.1, 0.15) is 5.69 Å². The van der Waals surface area contributed by atoms with E-state index in [0.717, 1.165) is 16.0 Å². The standard InChI is InChI=1S/C13H12N2O2S/c1-17-13(16)12-6-9(3-4-15-12)10-5-11(18-2)8-14-7-10/h3-8H,1-2H3. The van der Waals surface area contributed by atoms with Gasteiger partial charge >= 0.3 is 5.97 Å². The molecule has 0 amide bonds. The number of carbonyl (C=O) groups is 1. The highest BCUT2D eigenvalue weighted by Gasteiger charge is 2.08. The van der Waals surface area contributed by atoms with Crippen LogP contribution >= 0.6 is 11.8 Å². The zero-order chi connectivity index (χ0) is 13.0. The third kappa shape index (κ3) is 2.68. The summed E-state index contributed by atoms with van der Waals surface area (Å²) in [6, 6.07) is 5.56. The minimum Gasteiger partial charge on any atom is -0.464 e. The Kier molecular flexibility index (Phi) is 3.94. The van der Waals surface area contributed by atoms with Gasteiger partial charge in [0, 0.05) is 29.0 Å². The van der Waals surface area contributed by atoms with Crippen LogP contribution in [0.25, 0.3) is 11.1 Å². The number of rotatable bonds is 3. The van der Waals surface area contributed by atoms with Gasteiger partial charge in [0.05, 0.1) is 7.11 Å². The molecule has 0 radical (unpaired) electrons. The molecule has 2 heterocycles. The highest BCUT2D eigenvalue weighted by atomic mass is 32.2. The van der Waals surface area contributed by atoms with Gasteiger partial charge in [-0.15, -0.1) is 11.8 Å². The molecule has 18 heavy (non-hydrogen) atoms. The summed E-state index contributed by atoms with van der Waals surface area (Å²) in [5.74, 6) is -0.439. The molecule has 0 spiro atoms. The quantitative estimate of drug-likeness (QED) is 0.627. The average Bonchev–Trinajstić information content (AvgIpc) is 2.46. The molecule has 0 saturated carbocycles. The van der Waals surface area contributed by atoms with Crippen molar-refractivity contribution in [2.75, 3.05) is 13.4 Å². The number of aromatic nitrogens is 2. The minimum absolute atomic E-state index is 0.296. The average molecular weight is 260 g/mol. The molecule has 0 bridgehead atoms. The Morgan fingerprint density at radius 3 is 2.83 bits per heavy atom. The number of carbonyl (C=O) groups excluding carboxylic acids is 1. The first kappa shape index (κ1) is 12.6. The Morgan fingerprint density at radius 1 is 1.28 bits per heavy atom. The van der Waals surface area contributed by atoms with Crippen LogP contribution < -0.4 is 0 Å². The van der Waals surface area contributed by atoms with Crippen molar-refractivity contribution in [1.29, 1.82) is 0 Å². The van der Waals surface area contributed by atoms with E-state index in [1.165, 1.54) is 7.11 Å². The van der Waals surface area contributed by atoms with Crippen LogP contribution in [0.3, 0.4) is 0 Å². The number of esters is 1. The van der Waals surface area contributed by atoms with Crippen molar-refractivity contribution in [2.45, 2.75) is 4.90 Å². The van der Waals surface area contributed by atoms with E-state index in [0.29, 0.717) is 5.69 Å². The van der Waals surface area contributed by atoms with Gasteiger partial charge in [0.25, 0.3) is 0 Å². The van der Waals surface area contributed by atoms with Crippen LogP contribution in [-0.4, -0.2) is 29.3 Å². The number of nitrogens with zero attached hydrogens (tertiary/aromatic N) is 2. The van der Waals surface area contributed by atoms with Crippen LogP contribution in [0.2, 0.25) is 0 Å². The number of pyridine rings is 2. The molecule has 92 valence electrons. The van der Waals surface area contributed by atoms with Gasteiger partial charge in [-0.25, -0.2) is 9.78 Å². The van der Waals surface area contributed by atoms with Crippen molar-refractivity contribution in [2.24, 2.45) is 0 Å². The summed E-state index contributed by atoms with van der Waals surface area (Å²) < 4.78 is 4.65. The molecular formula is C13H12N2O2S. The van der Waals surface area contributed by atoms with E-state index in [1.807, 2.05) is 18.4 Å². The molecule has 0 aromatic carbocycles. The van der Waals surface area contributed by atoms with Crippen molar-refractivity contribution in [3.63, 3.8) is 0 Å². The van der Waals surface area contributed by atoms with Crippen LogP contribution in [0.1, 0.15) is 10.5 Å². The number of hydrogen-bond acceptors (Lipinski definition) is 5. The second-order valence-electron chi connectivity index (χ2n) is 3.53. The van der Waals surface area contributed by atoms with E-state index in [4.69, 9.17) is 0 Å². The van der Waals surface area contributed by atoms with Gasteiger partial charge in [0.2, 0.25) is 0 Å². The fourth-order valence-corrected chi connectivity index (χ4v) is 1.93. The topological polar surface area (TPSA) is 52.1 Å². The summed E-state index contributed by atoms with van der Waals surface area (Å²) >= 11 is 1.62. The normalized spacial score (nSPS) is 10.1. The summed E-state index contributed by atoms with van der Waals surface area (Å²) in [6.07, 6.45) is 7.15. The molecular weight excluding hydrogens is 248 g/mol. The summed E-state index contributed by atoms with van der Waals surface area (Å²) in [5, 5.41) is 0. The lowest BCUT2D eigenvalue weighted by atomic mass is 10.1. The zero-order valence-electron chi connectivity index (χ0n) is 10.1. The van der Waals surface area contributed by atoms with E-state index in [1.54, 1.807) is 36.4 Å². The van der Waals surface area contributed by atoms with E-state index >= 15 is 0 Å². The number of thioether (sulfide) groups is 1. The number of ether oxygens (including phenoxy) is 1. The predicted molar refractivity (Wildman–Crippen MR) is 70.6 cm³/mol. The van der Waals surface area contributed by atoms with Gasteiger partial charge in [0.15, 0.2) is 0 Å². The molecule has 0 N–H and O–H groups in total. The summed E-state index contributed by atoms with van der Waals surface area (Å²) in [5.41, 5.74) is 2.15. The highest BCUT2D eigenvalue weighted by Crippen LogP contribution is 2.23. The third-order valence-corrected chi connectivity index (χ3v) is 3.13. The molecule has 2 rings (SSSR count). The fraction of sp³-hybridized carbons (Fsp3) is 0.154. The van der Waals surface area contributed by atoms with Crippen LogP contribution in [0.5, 0.6) is 0 Å². The monoisotopic (exact) mass is 260 g/mol. The van der Waals surface area contributed by atoms with Crippen molar-refractivity contribution in [1.82, 2.24) is 9.97 Å². The first-order chi connectivity index (χ1) is 8.74. The highest BCUT2D eigenvalue weighted by molar-refractivity contribution is 7.98. The van der Waals surface area contributed by atoms with Gasteiger partial charge in [-0.05, 0) is 30.0 Å². The lowest BCUT2D eigenvalue weighted by Crippen LogP contribution is -2.03. The maximum atomic E-state index is 11.4. The molecule has 2 aromatic rings. The zero-order valence-corrected chi connectivity index (χ0v) is 10.9. The van der Waals surface area contributed by atoms with Gasteiger partial charge < -0.3 is 4.74 Å². The Balaban J connectivity index is 2.41. The molecule has 0 aliphatic heterocycles. The van der Waals surface area contributed by atoms with Gasteiger partial charge in [-0.2, -0.15) is 0 Å². The summed E-state index contributed by atoms with van der Waals surface area (Å²) in [4.78, 5) is 20.6. The molecule has 4 nitrogen and oxygen atoms in total. The Hall–Kier alpha value is -1.88. The van der Waals surface area contributed by atoms with Crippen LogP contribution in [0.15, 0.2) is 41.7 Å². The SMILES string of the molecule is COC(=O)c1cc(-c2cncc(SC)c2)ccn1. The van der Waals surface area contributed by atoms with Gasteiger partial charge in [-0.1, -0.05) is 0 Å². The Morgan fingerprint density at radius 2 is 2.11 bits per heavy atom. The van der Waals surface area contributed by atoms with Crippen LogP contribution in [0, 0.1) is 0 Å². The van der Waals surface area contributed by atoms with E-state index in [9.17, 15) is 4.79 Å². The molecule has 2 aromatic heterocycles. The van der Waals surface area contributed by atoms with Crippen molar-refractivity contribution >= 4 is 17.7 Å². The molecule has 0 aliphatic rings.